The van der Waals surface area contributed by atoms with E-state index in [1.54, 1.807) is 0 Å². The van der Waals surface area contributed by atoms with Gasteiger partial charge in [0.25, 0.3) is 11.8 Å². The van der Waals surface area contributed by atoms with Gasteiger partial charge in [0.2, 0.25) is 17.7 Å². The molecule has 19 nitrogen and oxygen atoms in total. The lowest BCUT2D eigenvalue weighted by Crippen LogP contribution is -2.61. The molecule has 0 aliphatic rings. The van der Waals surface area contributed by atoms with Gasteiger partial charge < -0.3 is 30.0 Å². The molecule has 328 valence electrons. The van der Waals surface area contributed by atoms with E-state index in [1.165, 1.54) is 79.6 Å². The average molecular weight is 849 g/mol. The van der Waals surface area contributed by atoms with Gasteiger partial charge in [-0.15, -0.1) is 11.8 Å². The number of carbonyl (C=O) groups excluding carboxylic acids is 8. The van der Waals surface area contributed by atoms with Crippen molar-refractivity contribution in [1.82, 2.24) is 50.9 Å². The molecule has 0 aliphatic carbocycles. The highest BCUT2D eigenvalue weighted by molar-refractivity contribution is 8.01. The highest BCUT2D eigenvalue weighted by Crippen LogP contribution is 2.24. The number of imide groups is 3. The number of nitrogens with zero attached hydrogens (tertiary/aromatic N) is 6. The van der Waals surface area contributed by atoms with Crippen molar-refractivity contribution < 1.29 is 43.5 Å². The van der Waals surface area contributed by atoms with E-state index in [4.69, 9.17) is 0 Å². The molecule has 0 radical (unpaired) electrons. The third kappa shape index (κ3) is 17.8. The van der Waals surface area contributed by atoms with E-state index in [-0.39, 0.29) is 18.7 Å². The average Bonchev–Trinajstić information content (AvgIpc) is 3.16. The first-order valence-electron chi connectivity index (χ1n) is 19.1. The van der Waals surface area contributed by atoms with Crippen LogP contribution in [-0.2, 0) is 24.0 Å². The lowest BCUT2D eigenvalue weighted by Gasteiger charge is -2.36. The molecule has 0 saturated heterocycles. The number of rotatable bonds is 23. The van der Waals surface area contributed by atoms with Gasteiger partial charge in [0, 0.05) is 67.4 Å². The SMILES string of the molecule is CCCC(=O)N(C)[C@H](SCCCSCCN(CC)CC)C(=O)N(C)[C@@H](CC(C)(C)O)C(=O)NC(=O)N(C)C(=O)NC(=O)N(NC)C(C)C(=O)N(C)[C@H](C)C(=O)NC. The van der Waals surface area contributed by atoms with E-state index in [9.17, 15) is 43.5 Å². The van der Waals surface area contributed by atoms with Crippen LogP contribution < -0.4 is 21.4 Å². The third-order valence-electron chi connectivity index (χ3n) is 9.20. The summed E-state index contributed by atoms with van der Waals surface area (Å²) in [6.45, 7) is 14.7. The smallest absolute Gasteiger partial charge is 0.340 e. The Bertz CT molecular complexity index is 1370. The Labute approximate surface area is 347 Å². The minimum absolute atomic E-state index is 0.208. The maximum Gasteiger partial charge on any atom is 0.340 e. The van der Waals surface area contributed by atoms with Gasteiger partial charge in [0.1, 0.15) is 18.1 Å². The quantitative estimate of drug-likeness (QED) is 0.0554. The monoisotopic (exact) mass is 848 g/mol. The molecule has 0 saturated carbocycles. The Morgan fingerprint density at radius 1 is 0.719 bits per heavy atom. The van der Waals surface area contributed by atoms with E-state index in [1.807, 2.05) is 24.0 Å². The van der Waals surface area contributed by atoms with Gasteiger partial charge in [-0.2, -0.15) is 11.8 Å². The number of hydrazine groups is 1. The number of likely N-dealkylation sites (N-methyl/N-ethyl adjacent to an activating group) is 4. The Morgan fingerprint density at radius 3 is 1.81 bits per heavy atom. The summed E-state index contributed by atoms with van der Waals surface area (Å²) in [5, 5.41) is 17.0. The van der Waals surface area contributed by atoms with Crippen molar-refractivity contribution in [3.63, 3.8) is 0 Å². The molecule has 5 N–H and O–H groups in total. The van der Waals surface area contributed by atoms with Crippen molar-refractivity contribution in [2.45, 2.75) is 103 Å². The Hall–Kier alpha value is -3.66. The van der Waals surface area contributed by atoms with Crippen molar-refractivity contribution in [2.24, 2.45) is 0 Å². The molecular formula is C36H68N10O9S2. The van der Waals surface area contributed by atoms with Crippen LogP contribution in [0.3, 0.4) is 0 Å². The summed E-state index contributed by atoms with van der Waals surface area (Å²) < 4.78 is 0. The van der Waals surface area contributed by atoms with Crippen LogP contribution in [0.4, 0.5) is 14.4 Å². The third-order valence-corrected chi connectivity index (χ3v) is 11.6. The van der Waals surface area contributed by atoms with Gasteiger partial charge in [-0.1, -0.05) is 20.8 Å². The minimum Gasteiger partial charge on any atom is -0.390 e. The van der Waals surface area contributed by atoms with E-state index >= 15 is 0 Å². The number of aliphatic hydroxyl groups is 1. The van der Waals surface area contributed by atoms with Gasteiger partial charge in [-0.05, 0) is 65.1 Å². The fourth-order valence-electron chi connectivity index (χ4n) is 5.32. The predicted molar refractivity (Wildman–Crippen MR) is 223 cm³/mol. The summed E-state index contributed by atoms with van der Waals surface area (Å²) in [6, 6.07) is -7.15. The minimum atomic E-state index is -1.50. The highest BCUT2D eigenvalue weighted by atomic mass is 32.2. The van der Waals surface area contributed by atoms with Gasteiger partial charge in [0.15, 0.2) is 5.37 Å². The van der Waals surface area contributed by atoms with Crippen LogP contribution in [0, 0.1) is 0 Å². The van der Waals surface area contributed by atoms with Gasteiger partial charge in [-0.3, -0.25) is 34.6 Å². The van der Waals surface area contributed by atoms with Crippen LogP contribution in [0.5, 0.6) is 0 Å². The van der Waals surface area contributed by atoms with Crippen molar-refractivity contribution in [3.05, 3.63) is 0 Å². The molecule has 0 aromatic heterocycles. The Morgan fingerprint density at radius 2 is 1.30 bits per heavy atom. The molecule has 0 spiro atoms. The molecule has 1 unspecified atom stereocenters. The van der Waals surface area contributed by atoms with Crippen LogP contribution in [-0.4, -0.2) is 191 Å². The number of hydrogen-bond acceptors (Lipinski definition) is 13. The maximum atomic E-state index is 14.1. The van der Waals surface area contributed by atoms with Gasteiger partial charge in [0.05, 0.1) is 5.60 Å². The predicted octanol–water partition coefficient (Wildman–Crippen LogP) is 1.17. The molecule has 11 amide bonds. The van der Waals surface area contributed by atoms with Crippen molar-refractivity contribution in [3.8, 4) is 0 Å². The maximum absolute atomic E-state index is 14.1. The topological polar surface area (TPSA) is 224 Å². The zero-order valence-electron chi connectivity index (χ0n) is 36.1. The molecule has 0 aromatic carbocycles. The summed E-state index contributed by atoms with van der Waals surface area (Å²) in [7, 11) is 7.97. The van der Waals surface area contributed by atoms with Gasteiger partial charge in [-0.25, -0.2) is 29.7 Å². The normalized spacial score (nSPS) is 13.4. The number of urea groups is 3. The Balaban J connectivity index is 5.95. The molecule has 21 heteroatoms. The van der Waals surface area contributed by atoms with Crippen molar-refractivity contribution >= 4 is 71.2 Å². The van der Waals surface area contributed by atoms with Crippen LogP contribution in [0.25, 0.3) is 0 Å². The zero-order valence-corrected chi connectivity index (χ0v) is 37.7. The highest BCUT2D eigenvalue weighted by Gasteiger charge is 2.39. The fourth-order valence-corrected chi connectivity index (χ4v) is 7.63. The largest absolute Gasteiger partial charge is 0.390 e. The molecule has 0 bridgehead atoms. The molecular weight excluding hydrogens is 781 g/mol. The second kappa shape index (κ2) is 26.4. The molecule has 0 heterocycles. The standard InChI is InChI=1S/C36H68N10O9S2/c1-14-18-27(47)43(12)32(57-21-17-20-56-22-19-45(15-2)16-3)31(51)42(11)26(23-36(6,7)55)29(49)39-33(52)44(13)34(53)40-35(54)46(38-9)25(5)30(50)41(10)24(4)28(48)37-8/h24-26,32,38,55H,14-23H2,1-13H3,(H,37,48)(H,39,49,52)(H,40,53,54)/t24-,25?,26+,32-/m1/s1. The van der Waals surface area contributed by atoms with Crippen LogP contribution in [0.15, 0.2) is 0 Å². The zero-order chi connectivity index (χ0) is 44.2. The summed E-state index contributed by atoms with van der Waals surface area (Å²) >= 11 is 3.08. The number of thioether (sulfide) groups is 2. The van der Waals surface area contributed by atoms with Crippen LogP contribution in [0.1, 0.15) is 74.1 Å². The summed E-state index contributed by atoms with van der Waals surface area (Å²) in [5.74, 6) is -0.577. The van der Waals surface area contributed by atoms with Gasteiger partial charge >= 0.3 is 18.1 Å². The summed E-state index contributed by atoms with van der Waals surface area (Å²) in [6.07, 6.45) is 1.23. The summed E-state index contributed by atoms with van der Waals surface area (Å²) in [5.41, 5.74) is 1.01. The van der Waals surface area contributed by atoms with E-state index in [0.29, 0.717) is 17.1 Å². The molecule has 0 aromatic rings. The molecule has 0 fully saturated rings. The first-order chi connectivity index (χ1) is 26.5. The lowest BCUT2D eigenvalue weighted by molar-refractivity contribution is -0.145. The first kappa shape index (κ1) is 53.3. The number of hydrogen-bond donors (Lipinski definition) is 5. The molecule has 4 atom stereocenters. The van der Waals surface area contributed by atoms with E-state index in [2.05, 4.69) is 34.8 Å². The fraction of sp³-hybridized carbons (Fsp3) is 0.778. The second-order valence-corrected chi connectivity index (χ2v) is 16.5. The van der Waals surface area contributed by atoms with Crippen molar-refractivity contribution in [2.75, 3.05) is 79.2 Å². The van der Waals surface area contributed by atoms with Crippen molar-refractivity contribution in [1.29, 1.82) is 0 Å². The lowest BCUT2D eigenvalue weighted by atomic mass is 9.97. The van der Waals surface area contributed by atoms with E-state index in [0.717, 1.165) is 59.4 Å². The van der Waals surface area contributed by atoms with Crippen LogP contribution >= 0.6 is 23.5 Å². The van der Waals surface area contributed by atoms with Crippen LogP contribution in [0.2, 0.25) is 0 Å². The number of amides is 11. The number of carbonyl (C=O) groups is 8. The molecule has 0 rings (SSSR count). The van der Waals surface area contributed by atoms with E-state index < -0.39 is 70.8 Å². The number of nitrogens with one attached hydrogen (secondary N) is 4. The summed E-state index contributed by atoms with van der Waals surface area (Å²) in [4.78, 5) is 111. The molecule has 57 heavy (non-hydrogen) atoms. The Kier molecular flexibility index (Phi) is 24.7. The first-order valence-corrected chi connectivity index (χ1v) is 21.3. The molecule has 0 aliphatic heterocycles. The second-order valence-electron chi connectivity index (χ2n) is 14.0.